The van der Waals surface area contributed by atoms with Crippen molar-refractivity contribution in [2.45, 2.75) is 31.6 Å². The van der Waals surface area contributed by atoms with Gasteiger partial charge in [0.15, 0.2) is 0 Å². The van der Waals surface area contributed by atoms with Gasteiger partial charge in [0.05, 0.1) is 16.1 Å². The molecule has 1 aliphatic heterocycles. The lowest BCUT2D eigenvalue weighted by Crippen LogP contribution is -2.41. The first-order valence-electron chi connectivity index (χ1n) is 9.68. The van der Waals surface area contributed by atoms with Gasteiger partial charge >= 0.3 is 0 Å². The van der Waals surface area contributed by atoms with Crippen molar-refractivity contribution >= 4 is 27.5 Å². The summed E-state index contributed by atoms with van der Waals surface area (Å²) in [5.74, 6) is -4.34. The van der Waals surface area contributed by atoms with Crippen molar-refractivity contribution in [3.8, 4) is 0 Å². The molecule has 0 saturated carbocycles. The molecule has 0 bridgehead atoms. The number of benzene rings is 2. The normalized spacial score (nSPS) is 15.6. The molecule has 3 N–H and O–H groups in total. The number of amides is 2. The van der Waals surface area contributed by atoms with Crippen LogP contribution in [0.25, 0.3) is 0 Å². The van der Waals surface area contributed by atoms with Gasteiger partial charge in [0.1, 0.15) is 11.6 Å². The van der Waals surface area contributed by atoms with E-state index in [1.807, 2.05) is 13.8 Å². The second-order valence-corrected chi connectivity index (χ2v) is 9.53. The second kappa shape index (κ2) is 8.72. The minimum atomic E-state index is -3.69. The largest absolute Gasteiger partial charge is 0.366 e. The number of aryl methyl sites for hydroxylation is 2. The number of rotatable bonds is 5. The van der Waals surface area contributed by atoms with Gasteiger partial charge in [-0.25, -0.2) is 17.2 Å². The predicted molar refractivity (Wildman–Crippen MR) is 111 cm³/mol. The average Bonchev–Trinajstić information content (AvgIpc) is 2.71. The first-order chi connectivity index (χ1) is 14.5. The molecule has 2 amide bonds. The van der Waals surface area contributed by atoms with Crippen LogP contribution in [0.15, 0.2) is 35.2 Å². The molecule has 2 aromatic rings. The maximum Gasteiger partial charge on any atom is 0.251 e. The summed E-state index contributed by atoms with van der Waals surface area (Å²) in [4.78, 5) is 24.0. The molecule has 0 radical (unpaired) electrons. The van der Waals surface area contributed by atoms with Gasteiger partial charge in [0.25, 0.3) is 5.91 Å². The number of piperidine rings is 1. The fourth-order valence-corrected chi connectivity index (χ4v) is 5.01. The third-order valence-electron chi connectivity index (χ3n) is 5.52. The van der Waals surface area contributed by atoms with E-state index in [-0.39, 0.29) is 36.5 Å². The number of hydrogen-bond donors (Lipinski definition) is 2. The van der Waals surface area contributed by atoms with E-state index in [0.717, 1.165) is 17.2 Å². The van der Waals surface area contributed by atoms with Crippen LogP contribution in [0, 0.1) is 31.4 Å². The van der Waals surface area contributed by atoms with Crippen LogP contribution in [-0.4, -0.2) is 37.6 Å². The number of nitrogens with one attached hydrogen (secondary N) is 1. The van der Waals surface area contributed by atoms with E-state index >= 15 is 0 Å². The maximum atomic E-state index is 14.0. The van der Waals surface area contributed by atoms with Gasteiger partial charge in [-0.15, -0.1) is 0 Å². The maximum absolute atomic E-state index is 14.0. The molecule has 7 nitrogen and oxygen atoms in total. The predicted octanol–water partition coefficient (Wildman–Crippen LogP) is 2.72. The molecule has 3 rings (SSSR count). The smallest absolute Gasteiger partial charge is 0.251 e. The number of nitrogens with zero attached hydrogens (tertiary/aromatic N) is 1. The molecular weight excluding hydrogens is 428 g/mol. The van der Waals surface area contributed by atoms with Crippen molar-refractivity contribution in [1.82, 2.24) is 4.31 Å². The standard InChI is InChI=1S/C21H23F2N3O4S/c1-12-3-4-15(9-13(12)2)31(29,30)26-7-5-14(6-8-26)21(28)25-19-10-16(20(24)27)17(22)11-18(19)23/h3-4,9-11,14H,5-8H2,1-2H3,(H2,24,27)(H,25,28). The Hall–Kier alpha value is -2.85. The Labute approximate surface area is 179 Å². The Balaban J connectivity index is 1.68. The molecule has 1 fully saturated rings. The van der Waals surface area contributed by atoms with Gasteiger partial charge in [-0.2, -0.15) is 4.31 Å². The molecule has 0 spiro atoms. The number of primary amides is 1. The van der Waals surface area contributed by atoms with Crippen LogP contribution >= 0.6 is 0 Å². The molecule has 2 aromatic carbocycles. The quantitative estimate of drug-likeness (QED) is 0.728. The third kappa shape index (κ3) is 4.75. The lowest BCUT2D eigenvalue weighted by atomic mass is 9.97. The Bertz CT molecular complexity index is 1140. The summed E-state index contributed by atoms with van der Waals surface area (Å²) in [5.41, 5.74) is 6.02. The minimum absolute atomic E-state index is 0.131. The van der Waals surface area contributed by atoms with Crippen molar-refractivity contribution in [1.29, 1.82) is 0 Å². The summed E-state index contributed by atoms with van der Waals surface area (Å²) in [5, 5.41) is 2.35. The number of nitrogens with two attached hydrogens (primary N) is 1. The van der Waals surface area contributed by atoms with Crippen LogP contribution in [-0.2, 0) is 14.8 Å². The molecule has 0 aromatic heterocycles. The van der Waals surface area contributed by atoms with Crippen molar-refractivity contribution < 1.29 is 26.8 Å². The van der Waals surface area contributed by atoms with Crippen LogP contribution in [0.1, 0.15) is 34.3 Å². The molecule has 1 saturated heterocycles. The topological polar surface area (TPSA) is 110 Å². The number of carbonyl (C=O) groups excluding carboxylic acids is 2. The summed E-state index contributed by atoms with van der Waals surface area (Å²) in [6, 6.07) is 6.26. The van der Waals surface area contributed by atoms with Crippen LogP contribution < -0.4 is 11.1 Å². The molecule has 1 heterocycles. The Kier molecular flexibility index (Phi) is 6.42. The highest BCUT2D eigenvalue weighted by Crippen LogP contribution is 2.27. The zero-order chi connectivity index (χ0) is 22.9. The zero-order valence-corrected chi connectivity index (χ0v) is 17.9. The number of hydrogen-bond acceptors (Lipinski definition) is 4. The fraction of sp³-hybridized carbons (Fsp3) is 0.333. The molecule has 0 aliphatic carbocycles. The van der Waals surface area contributed by atoms with E-state index in [2.05, 4.69) is 5.32 Å². The molecule has 1 aliphatic rings. The van der Waals surface area contributed by atoms with Gasteiger partial charge in [-0.05, 0) is 56.0 Å². The van der Waals surface area contributed by atoms with E-state index < -0.39 is 45.0 Å². The lowest BCUT2D eigenvalue weighted by molar-refractivity contribution is -0.120. The third-order valence-corrected chi connectivity index (χ3v) is 7.42. The number of sulfonamides is 1. The van der Waals surface area contributed by atoms with Crippen LogP contribution in [0.5, 0.6) is 0 Å². The summed E-state index contributed by atoms with van der Waals surface area (Å²) in [6.45, 7) is 3.99. The first-order valence-corrected chi connectivity index (χ1v) is 11.1. The summed E-state index contributed by atoms with van der Waals surface area (Å²) < 4.78 is 54.7. The van der Waals surface area contributed by atoms with Gasteiger partial charge in [-0.3, -0.25) is 9.59 Å². The van der Waals surface area contributed by atoms with E-state index in [4.69, 9.17) is 5.73 Å². The van der Waals surface area contributed by atoms with Gasteiger partial charge in [0, 0.05) is 25.1 Å². The highest BCUT2D eigenvalue weighted by atomic mass is 32.2. The molecular formula is C21H23F2N3O4S. The monoisotopic (exact) mass is 451 g/mol. The van der Waals surface area contributed by atoms with Crippen LogP contribution in [0.2, 0.25) is 0 Å². The molecule has 166 valence electrons. The van der Waals surface area contributed by atoms with E-state index in [1.165, 1.54) is 4.31 Å². The van der Waals surface area contributed by atoms with Gasteiger partial charge < -0.3 is 11.1 Å². The zero-order valence-electron chi connectivity index (χ0n) is 17.1. The summed E-state index contributed by atoms with van der Waals surface area (Å²) >= 11 is 0. The lowest BCUT2D eigenvalue weighted by Gasteiger charge is -2.30. The van der Waals surface area contributed by atoms with E-state index in [1.54, 1.807) is 18.2 Å². The van der Waals surface area contributed by atoms with E-state index in [0.29, 0.717) is 6.07 Å². The van der Waals surface area contributed by atoms with Crippen LogP contribution in [0.4, 0.5) is 14.5 Å². The SMILES string of the molecule is Cc1ccc(S(=O)(=O)N2CCC(C(=O)Nc3cc(C(N)=O)c(F)cc3F)CC2)cc1C. The first kappa shape index (κ1) is 22.8. The summed E-state index contributed by atoms with van der Waals surface area (Å²) in [6.07, 6.45) is 0.475. The van der Waals surface area contributed by atoms with Crippen molar-refractivity contribution in [2.75, 3.05) is 18.4 Å². The Morgan fingerprint density at radius 3 is 2.26 bits per heavy atom. The molecule has 31 heavy (non-hydrogen) atoms. The fourth-order valence-electron chi connectivity index (χ4n) is 3.45. The van der Waals surface area contributed by atoms with Gasteiger partial charge in [-0.1, -0.05) is 6.07 Å². The molecule has 0 atom stereocenters. The van der Waals surface area contributed by atoms with Crippen molar-refractivity contribution in [2.24, 2.45) is 11.7 Å². The van der Waals surface area contributed by atoms with E-state index in [9.17, 15) is 26.8 Å². The number of anilines is 1. The number of carbonyl (C=O) groups is 2. The van der Waals surface area contributed by atoms with Gasteiger partial charge in [0.2, 0.25) is 15.9 Å². The van der Waals surface area contributed by atoms with Crippen LogP contribution in [0.3, 0.4) is 0 Å². The van der Waals surface area contributed by atoms with Crippen molar-refractivity contribution in [3.05, 3.63) is 58.7 Å². The molecule has 10 heteroatoms. The molecule has 0 unspecified atom stereocenters. The van der Waals surface area contributed by atoms with Crippen molar-refractivity contribution in [3.63, 3.8) is 0 Å². The minimum Gasteiger partial charge on any atom is -0.366 e. The highest BCUT2D eigenvalue weighted by Gasteiger charge is 2.32. The average molecular weight is 451 g/mol. The second-order valence-electron chi connectivity index (χ2n) is 7.59. The number of halogens is 2. The summed E-state index contributed by atoms with van der Waals surface area (Å²) in [7, 11) is -3.69. The highest BCUT2D eigenvalue weighted by molar-refractivity contribution is 7.89. The Morgan fingerprint density at radius 2 is 1.68 bits per heavy atom. The Morgan fingerprint density at radius 1 is 1.03 bits per heavy atom.